The summed E-state index contributed by atoms with van der Waals surface area (Å²) in [5.74, 6) is 0.197. The SMILES string of the molecule is COc1ccc(-c2n[nH]c3c2C(c2ccc(Cl)c(Cl)c2)N(Cc2ccc(F)cc2)C3=O)cc1. The second-order valence-electron chi connectivity index (χ2n) is 7.72. The van der Waals surface area contributed by atoms with Crippen molar-refractivity contribution in [2.75, 3.05) is 7.11 Å². The third-order valence-electron chi connectivity index (χ3n) is 5.75. The van der Waals surface area contributed by atoms with Gasteiger partial charge >= 0.3 is 0 Å². The molecule has 5 rings (SSSR count). The van der Waals surface area contributed by atoms with Crippen molar-refractivity contribution >= 4 is 29.1 Å². The summed E-state index contributed by atoms with van der Waals surface area (Å²) in [7, 11) is 1.60. The topological polar surface area (TPSA) is 58.2 Å². The van der Waals surface area contributed by atoms with Crippen LogP contribution in [0.4, 0.5) is 4.39 Å². The molecule has 0 saturated carbocycles. The minimum absolute atomic E-state index is 0.197. The number of nitrogens with one attached hydrogen (secondary N) is 1. The van der Waals surface area contributed by atoms with Crippen LogP contribution in [0.3, 0.4) is 0 Å². The Bertz CT molecular complexity index is 1340. The first-order chi connectivity index (χ1) is 16.0. The van der Waals surface area contributed by atoms with Crippen molar-refractivity contribution in [3.05, 3.63) is 105 Å². The quantitative estimate of drug-likeness (QED) is 0.365. The summed E-state index contributed by atoms with van der Waals surface area (Å²) < 4.78 is 18.7. The number of fused-ring (bicyclic) bond motifs is 1. The molecule has 1 atom stereocenters. The van der Waals surface area contributed by atoms with Gasteiger partial charge in [-0.05, 0) is 59.7 Å². The molecule has 1 aliphatic rings. The lowest BCUT2D eigenvalue weighted by Crippen LogP contribution is -2.29. The number of hydrogen-bond donors (Lipinski definition) is 1. The number of aromatic amines is 1. The zero-order valence-corrected chi connectivity index (χ0v) is 19.0. The Morgan fingerprint density at radius 2 is 1.76 bits per heavy atom. The van der Waals surface area contributed by atoms with Crippen molar-refractivity contribution in [1.29, 1.82) is 0 Å². The third-order valence-corrected chi connectivity index (χ3v) is 6.49. The number of rotatable bonds is 5. The van der Waals surface area contributed by atoms with E-state index in [0.29, 0.717) is 21.4 Å². The fraction of sp³-hybridized carbons (Fsp3) is 0.120. The van der Waals surface area contributed by atoms with Gasteiger partial charge in [0.05, 0.1) is 28.9 Å². The third kappa shape index (κ3) is 3.86. The molecule has 0 fully saturated rings. The summed E-state index contributed by atoms with van der Waals surface area (Å²) in [5, 5.41) is 8.21. The number of amides is 1. The van der Waals surface area contributed by atoms with Crippen LogP contribution in [-0.2, 0) is 6.54 Å². The van der Waals surface area contributed by atoms with E-state index in [2.05, 4.69) is 10.2 Å². The van der Waals surface area contributed by atoms with Crippen LogP contribution < -0.4 is 4.74 Å². The molecule has 1 unspecified atom stereocenters. The second-order valence-corrected chi connectivity index (χ2v) is 8.54. The first kappa shape index (κ1) is 21.5. The molecule has 5 nitrogen and oxygen atoms in total. The molecule has 1 N–H and O–H groups in total. The first-order valence-corrected chi connectivity index (χ1v) is 10.9. The van der Waals surface area contributed by atoms with Crippen molar-refractivity contribution in [2.45, 2.75) is 12.6 Å². The number of H-pyrrole nitrogens is 1. The molecule has 8 heteroatoms. The Morgan fingerprint density at radius 1 is 1.03 bits per heavy atom. The summed E-state index contributed by atoms with van der Waals surface area (Å²) in [5.41, 5.74) is 4.28. The van der Waals surface area contributed by atoms with Crippen LogP contribution in [0.25, 0.3) is 11.3 Å². The van der Waals surface area contributed by atoms with E-state index in [1.54, 1.807) is 36.3 Å². The average molecular weight is 482 g/mol. The highest BCUT2D eigenvalue weighted by Crippen LogP contribution is 2.44. The largest absolute Gasteiger partial charge is 0.497 e. The van der Waals surface area contributed by atoms with Gasteiger partial charge in [-0.2, -0.15) is 5.10 Å². The number of carbonyl (C=O) groups is 1. The monoisotopic (exact) mass is 481 g/mol. The van der Waals surface area contributed by atoms with Gasteiger partial charge in [0, 0.05) is 17.7 Å². The van der Waals surface area contributed by atoms with Crippen LogP contribution in [0.1, 0.15) is 33.2 Å². The molecule has 0 spiro atoms. The van der Waals surface area contributed by atoms with Gasteiger partial charge in [0.15, 0.2) is 0 Å². The highest BCUT2D eigenvalue weighted by Gasteiger charge is 2.42. The van der Waals surface area contributed by atoms with Gasteiger partial charge in [-0.15, -0.1) is 0 Å². The van der Waals surface area contributed by atoms with Gasteiger partial charge in [-0.3, -0.25) is 9.89 Å². The summed E-state index contributed by atoms with van der Waals surface area (Å²) in [4.78, 5) is 15.2. The van der Waals surface area contributed by atoms with E-state index < -0.39 is 6.04 Å². The van der Waals surface area contributed by atoms with Gasteiger partial charge in [-0.1, -0.05) is 41.4 Å². The van der Waals surface area contributed by atoms with E-state index in [1.165, 1.54) is 12.1 Å². The number of ether oxygens (including phenoxy) is 1. The lowest BCUT2D eigenvalue weighted by Gasteiger charge is -2.27. The molecule has 0 saturated heterocycles. The van der Waals surface area contributed by atoms with Crippen molar-refractivity contribution in [3.63, 3.8) is 0 Å². The highest BCUT2D eigenvalue weighted by atomic mass is 35.5. The molecular weight excluding hydrogens is 464 g/mol. The van der Waals surface area contributed by atoms with Crippen LogP contribution >= 0.6 is 23.2 Å². The van der Waals surface area contributed by atoms with Gasteiger partial charge in [0.2, 0.25) is 0 Å². The smallest absolute Gasteiger partial charge is 0.273 e. The maximum Gasteiger partial charge on any atom is 0.273 e. The molecule has 0 aliphatic carbocycles. The van der Waals surface area contributed by atoms with Crippen molar-refractivity contribution in [3.8, 4) is 17.0 Å². The molecule has 3 aromatic carbocycles. The van der Waals surface area contributed by atoms with E-state index in [9.17, 15) is 9.18 Å². The minimum atomic E-state index is -0.455. The number of hydrogen-bond acceptors (Lipinski definition) is 3. The van der Waals surface area contributed by atoms with Crippen molar-refractivity contribution in [2.24, 2.45) is 0 Å². The van der Waals surface area contributed by atoms with Gasteiger partial charge in [0.25, 0.3) is 5.91 Å². The predicted molar refractivity (Wildman–Crippen MR) is 125 cm³/mol. The zero-order chi connectivity index (χ0) is 23.1. The Balaban J connectivity index is 1.63. The van der Waals surface area contributed by atoms with Crippen LogP contribution in [0.2, 0.25) is 10.0 Å². The number of benzene rings is 3. The lowest BCUT2D eigenvalue weighted by molar-refractivity contribution is 0.0730. The van der Waals surface area contributed by atoms with Crippen molar-refractivity contribution < 1.29 is 13.9 Å². The summed E-state index contributed by atoms with van der Waals surface area (Å²) >= 11 is 12.5. The van der Waals surface area contributed by atoms with E-state index in [1.807, 2.05) is 30.3 Å². The second kappa shape index (κ2) is 8.54. The molecular formula is C25H18Cl2FN3O2. The summed E-state index contributed by atoms with van der Waals surface area (Å²) in [6, 6.07) is 18.5. The number of methoxy groups -OCH3 is 1. The predicted octanol–water partition coefficient (Wildman–Crippen LogP) is 6.28. The van der Waals surface area contributed by atoms with Crippen LogP contribution in [0.15, 0.2) is 66.7 Å². The Labute approximate surface area is 199 Å². The Kier molecular flexibility index (Phi) is 5.56. The molecule has 1 amide bonds. The fourth-order valence-electron chi connectivity index (χ4n) is 4.14. The molecule has 1 aromatic heterocycles. The summed E-state index contributed by atoms with van der Waals surface area (Å²) in [6.07, 6.45) is 0. The lowest BCUT2D eigenvalue weighted by atomic mass is 9.96. The molecule has 1 aliphatic heterocycles. The summed E-state index contributed by atoms with van der Waals surface area (Å²) in [6.45, 7) is 0.286. The Morgan fingerprint density at radius 3 is 2.42 bits per heavy atom. The van der Waals surface area contributed by atoms with Gasteiger partial charge < -0.3 is 9.64 Å². The number of halogens is 3. The number of nitrogens with zero attached hydrogens (tertiary/aromatic N) is 2. The number of aromatic nitrogens is 2. The number of carbonyl (C=O) groups excluding carboxylic acids is 1. The van der Waals surface area contributed by atoms with Gasteiger partial charge in [0.1, 0.15) is 17.3 Å². The average Bonchev–Trinajstić information content (AvgIpc) is 3.36. The van der Waals surface area contributed by atoms with E-state index in [-0.39, 0.29) is 18.3 Å². The fourth-order valence-corrected chi connectivity index (χ4v) is 4.45. The standard InChI is InChI=1S/C25H18Cl2FN3O2/c1-33-18-9-4-15(5-10-18)22-21-23(30-29-22)25(32)31(13-14-2-7-17(28)8-3-14)24(21)16-6-11-19(26)20(27)12-16/h2-12,24H,13H2,1H3,(H,29,30). The van der Waals surface area contributed by atoms with E-state index in [4.69, 9.17) is 27.9 Å². The first-order valence-electron chi connectivity index (χ1n) is 10.2. The Hall–Kier alpha value is -3.35. The normalized spacial score (nSPS) is 15.1. The molecule has 0 radical (unpaired) electrons. The van der Waals surface area contributed by atoms with Crippen LogP contribution in [0.5, 0.6) is 5.75 Å². The molecule has 4 aromatic rings. The van der Waals surface area contributed by atoms with Gasteiger partial charge in [-0.25, -0.2) is 4.39 Å². The zero-order valence-electron chi connectivity index (χ0n) is 17.5. The molecule has 0 bridgehead atoms. The van der Waals surface area contributed by atoms with E-state index in [0.717, 1.165) is 28.0 Å². The minimum Gasteiger partial charge on any atom is -0.497 e. The maximum absolute atomic E-state index is 13.5. The highest BCUT2D eigenvalue weighted by molar-refractivity contribution is 6.42. The molecule has 2 heterocycles. The van der Waals surface area contributed by atoms with Crippen LogP contribution in [-0.4, -0.2) is 28.1 Å². The molecule has 166 valence electrons. The molecule has 33 heavy (non-hydrogen) atoms. The maximum atomic E-state index is 13.5. The van der Waals surface area contributed by atoms with E-state index >= 15 is 0 Å². The van der Waals surface area contributed by atoms with Crippen molar-refractivity contribution in [1.82, 2.24) is 15.1 Å². The van der Waals surface area contributed by atoms with Crippen LogP contribution in [0, 0.1) is 5.82 Å².